The fourth-order valence-electron chi connectivity index (χ4n) is 4.91. The fraction of sp³-hybridized carbons (Fsp3) is 0.571. The first kappa shape index (κ1) is 26.5. The number of hydrogen-bond acceptors (Lipinski definition) is 5. The first-order chi connectivity index (χ1) is 17.1. The average Bonchev–Trinajstić information content (AvgIpc) is 3.48. The van der Waals surface area contributed by atoms with Gasteiger partial charge in [-0.25, -0.2) is 4.79 Å². The number of hydrogen-bond donors (Lipinski definition) is 1. The molecule has 0 spiro atoms. The van der Waals surface area contributed by atoms with Crippen molar-refractivity contribution in [2.24, 2.45) is 0 Å². The number of amides is 3. The van der Waals surface area contributed by atoms with Crippen LogP contribution in [-0.2, 0) is 16.0 Å². The van der Waals surface area contributed by atoms with E-state index < -0.39 is 5.54 Å². The molecule has 36 heavy (non-hydrogen) atoms. The maximum Gasteiger partial charge on any atom is 0.318 e. The summed E-state index contributed by atoms with van der Waals surface area (Å²) >= 11 is 1.73. The molecule has 2 aliphatic heterocycles. The number of thiophene rings is 1. The lowest BCUT2D eigenvalue weighted by Crippen LogP contribution is -2.54. The third-order valence-corrected chi connectivity index (χ3v) is 7.68. The van der Waals surface area contributed by atoms with Gasteiger partial charge in [-0.3, -0.25) is 4.79 Å². The van der Waals surface area contributed by atoms with Gasteiger partial charge in [0, 0.05) is 30.1 Å². The van der Waals surface area contributed by atoms with Gasteiger partial charge in [0.15, 0.2) is 0 Å². The summed E-state index contributed by atoms with van der Waals surface area (Å²) in [5, 5.41) is 5.11. The van der Waals surface area contributed by atoms with E-state index in [1.54, 1.807) is 16.2 Å². The van der Waals surface area contributed by atoms with Crippen molar-refractivity contribution in [2.45, 2.75) is 71.6 Å². The van der Waals surface area contributed by atoms with Gasteiger partial charge in [-0.1, -0.05) is 17.7 Å². The molecule has 2 atom stereocenters. The van der Waals surface area contributed by atoms with Crippen molar-refractivity contribution in [3.63, 3.8) is 0 Å². The van der Waals surface area contributed by atoms with Gasteiger partial charge in [0.2, 0.25) is 5.91 Å². The number of ether oxygens (including phenoxy) is 2. The first-order valence-electron chi connectivity index (χ1n) is 12.8. The molecule has 3 heterocycles. The third-order valence-electron chi connectivity index (χ3n) is 6.69. The number of urea groups is 1. The van der Waals surface area contributed by atoms with Crippen molar-refractivity contribution in [3.8, 4) is 5.75 Å². The van der Waals surface area contributed by atoms with Crippen molar-refractivity contribution in [1.82, 2.24) is 15.1 Å². The van der Waals surface area contributed by atoms with Crippen molar-refractivity contribution in [2.75, 3.05) is 32.8 Å². The van der Waals surface area contributed by atoms with Crippen LogP contribution in [0, 0.1) is 13.8 Å². The zero-order valence-corrected chi connectivity index (χ0v) is 23.0. The number of rotatable bonds is 7. The van der Waals surface area contributed by atoms with Gasteiger partial charge in [-0.2, -0.15) is 0 Å². The normalized spacial score (nSPS) is 19.6. The van der Waals surface area contributed by atoms with Crippen LogP contribution in [0.2, 0.25) is 0 Å². The largest absolute Gasteiger partial charge is 0.491 e. The number of nitrogens with one attached hydrogen (secondary N) is 1. The standard InChI is InChI=1S/C28H39N3O4S/c1-19-8-9-24(20(2)15-19)35-18-23-22-11-14-36-25(22)10-12-31(23)26(32)17-30(16-21-7-6-13-34-21)27(33)29-28(3,4)5/h8-9,11,14-15,21,23H,6-7,10,12-13,16-18H2,1-5H3,(H,29,33)/t21-,23+/m0/s1. The summed E-state index contributed by atoms with van der Waals surface area (Å²) in [6.07, 6.45) is 2.68. The molecule has 1 aromatic carbocycles. The lowest BCUT2D eigenvalue weighted by molar-refractivity contribution is -0.135. The lowest BCUT2D eigenvalue weighted by Gasteiger charge is -2.38. The van der Waals surface area contributed by atoms with Crippen LogP contribution in [0.4, 0.5) is 4.79 Å². The Labute approximate surface area is 218 Å². The number of carbonyl (C=O) groups excluding carboxylic acids is 2. The molecule has 1 fully saturated rings. The molecule has 3 amide bonds. The summed E-state index contributed by atoms with van der Waals surface area (Å²) < 4.78 is 12.1. The van der Waals surface area contributed by atoms with Crippen LogP contribution >= 0.6 is 11.3 Å². The Kier molecular flexibility index (Phi) is 8.25. The third kappa shape index (κ3) is 6.59. The smallest absolute Gasteiger partial charge is 0.318 e. The highest BCUT2D eigenvalue weighted by Crippen LogP contribution is 2.34. The monoisotopic (exact) mass is 513 g/mol. The van der Waals surface area contributed by atoms with Gasteiger partial charge in [0.1, 0.15) is 18.9 Å². The summed E-state index contributed by atoms with van der Waals surface area (Å²) in [6.45, 7) is 12.1. The molecule has 7 nitrogen and oxygen atoms in total. The topological polar surface area (TPSA) is 71.1 Å². The molecule has 0 radical (unpaired) electrons. The Bertz CT molecular complexity index is 1070. The molecule has 0 aliphatic carbocycles. The van der Waals surface area contributed by atoms with E-state index in [4.69, 9.17) is 9.47 Å². The highest BCUT2D eigenvalue weighted by Gasteiger charge is 2.35. The van der Waals surface area contributed by atoms with Crippen LogP contribution in [0.25, 0.3) is 0 Å². The number of carbonyl (C=O) groups is 2. The molecule has 2 aromatic rings. The Hall–Kier alpha value is -2.58. The molecule has 8 heteroatoms. The van der Waals surface area contributed by atoms with Gasteiger partial charge in [0.05, 0.1) is 12.1 Å². The van der Waals surface area contributed by atoms with Gasteiger partial charge >= 0.3 is 6.03 Å². The highest BCUT2D eigenvalue weighted by molar-refractivity contribution is 7.10. The molecule has 1 aromatic heterocycles. The summed E-state index contributed by atoms with van der Waals surface area (Å²) in [5.74, 6) is 0.767. The minimum atomic E-state index is -0.395. The van der Waals surface area contributed by atoms with Crippen LogP contribution in [0.15, 0.2) is 29.6 Å². The van der Waals surface area contributed by atoms with E-state index in [1.807, 2.05) is 44.7 Å². The minimum absolute atomic E-state index is 0.0152. The Morgan fingerprint density at radius 1 is 1.25 bits per heavy atom. The maximum atomic E-state index is 13.7. The number of nitrogens with zero attached hydrogens (tertiary/aromatic N) is 2. The average molecular weight is 514 g/mol. The van der Waals surface area contributed by atoms with Gasteiger partial charge in [-0.05, 0) is 82.5 Å². The van der Waals surface area contributed by atoms with E-state index in [0.717, 1.165) is 36.1 Å². The first-order valence-corrected chi connectivity index (χ1v) is 13.7. The molecule has 0 unspecified atom stereocenters. The van der Waals surface area contributed by atoms with Gasteiger partial charge in [0.25, 0.3) is 0 Å². The van der Waals surface area contributed by atoms with E-state index in [1.165, 1.54) is 10.4 Å². The number of fused-ring (bicyclic) bond motifs is 1. The SMILES string of the molecule is Cc1ccc(OC[C@@H]2c3ccsc3CCN2C(=O)CN(C[C@@H]2CCCO2)C(=O)NC(C)(C)C)c(C)c1. The minimum Gasteiger partial charge on any atom is -0.491 e. The van der Waals surface area contributed by atoms with Crippen molar-refractivity contribution >= 4 is 23.3 Å². The molecule has 0 bridgehead atoms. The summed E-state index contributed by atoms with van der Waals surface area (Å²) in [5.41, 5.74) is 3.02. The molecule has 1 saturated heterocycles. The molecular formula is C28H39N3O4S. The zero-order valence-electron chi connectivity index (χ0n) is 22.1. The quantitative estimate of drug-likeness (QED) is 0.574. The second-order valence-corrected chi connectivity index (χ2v) is 11.9. The van der Waals surface area contributed by atoms with Gasteiger partial charge in [-0.15, -0.1) is 11.3 Å². The van der Waals surface area contributed by atoms with E-state index in [9.17, 15) is 9.59 Å². The maximum absolute atomic E-state index is 13.7. The lowest BCUT2D eigenvalue weighted by atomic mass is 10.00. The molecule has 4 rings (SSSR count). The highest BCUT2D eigenvalue weighted by atomic mass is 32.1. The predicted molar refractivity (Wildman–Crippen MR) is 143 cm³/mol. The van der Waals surface area contributed by atoms with Crippen molar-refractivity contribution in [3.05, 3.63) is 51.2 Å². The second-order valence-electron chi connectivity index (χ2n) is 10.9. The zero-order chi connectivity index (χ0) is 25.9. The Morgan fingerprint density at radius 2 is 2.06 bits per heavy atom. The fourth-order valence-corrected chi connectivity index (χ4v) is 5.84. The number of benzene rings is 1. The van der Waals surface area contributed by atoms with Crippen LogP contribution in [0.3, 0.4) is 0 Å². The summed E-state index contributed by atoms with van der Waals surface area (Å²) in [6, 6.07) is 7.82. The van der Waals surface area contributed by atoms with E-state index in [2.05, 4.69) is 29.8 Å². The van der Waals surface area contributed by atoms with Crippen LogP contribution in [-0.4, -0.2) is 66.2 Å². The number of aryl methyl sites for hydroxylation is 2. The molecular weight excluding hydrogens is 474 g/mol. The van der Waals surface area contributed by atoms with E-state index >= 15 is 0 Å². The molecule has 2 aliphatic rings. The second kappa shape index (κ2) is 11.2. The Morgan fingerprint density at radius 3 is 2.75 bits per heavy atom. The van der Waals surface area contributed by atoms with Crippen molar-refractivity contribution < 1.29 is 19.1 Å². The summed E-state index contributed by atoms with van der Waals surface area (Å²) in [4.78, 5) is 31.7. The van der Waals surface area contributed by atoms with Crippen LogP contribution in [0.1, 0.15) is 61.2 Å². The van der Waals surface area contributed by atoms with Crippen molar-refractivity contribution in [1.29, 1.82) is 0 Å². The Balaban J connectivity index is 1.51. The van der Waals surface area contributed by atoms with Gasteiger partial charge < -0.3 is 24.6 Å². The molecule has 0 saturated carbocycles. The van der Waals surface area contributed by atoms with Crippen LogP contribution < -0.4 is 10.1 Å². The van der Waals surface area contributed by atoms with E-state index in [-0.39, 0.29) is 30.6 Å². The van der Waals surface area contributed by atoms with Crippen LogP contribution in [0.5, 0.6) is 5.75 Å². The molecule has 196 valence electrons. The predicted octanol–water partition coefficient (Wildman–Crippen LogP) is 4.86. The van der Waals surface area contributed by atoms with E-state index in [0.29, 0.717) is 26.3 Å². The molecule has 1 N–H and O–H groups in total. The summed E-state index contributed by atoms with van der Waals surface area (Å²) in [7, 11) is 0.